The molecule has 0 spiro atoms. The molecule has 0 bridgehead atoms. The molecule has 1 N–H and O–H groups in total. The molecule has 1 amide bonds. The highest BCUT2D eigenvalue weighted by Gasteiger charge is 2.19. The minimum absolute atomic E-state index is 0.141. The van der Waals surface area contributed by atoms with Crippen LogP contribution in [0.2, 0.25) is 0 Å². The highest BCUT2D eigenvalue weighted by atomic mass is 16.1. The number of hydrogen-bond acceptors (Lipinski definition) is 5. The number of nitrogens with one attached hydrogen (secondary N) is 1. The third-order valence-electron chi connectivity index (χ3n) is 5.86. The van der Waals surface area contributed by atoms with E-state index in [9.17, 15) is 4.79 Å². The fourth-order valence-electron chi connectivity index (χ4n) is 4.07. The van der Waals surface area contributed by atoms with E-state index in [2.05, 4.69) is 32.2 Å². The SMILES string of the molecule is CN1CCC(n2cc(NC(=O)c3ccc(N4CCCCCC4)nc3)cn2)CC1. The van der Waals surface area contributed by atoms with Gasteiger partial charge >= 0.3 is 0 Å². The molecule has 7 nitrogen and oxygen atoms in total. The van der Waals surface area contributed by atoms with Crippen LogP contribution in [0.4, 0.5) is 11.5 Å². The Morgan fingerprint density at radius 2 is 1.79 bits per heavy atom. The van der Waals surface area contributed by atoms with Crippen LogP contribution in [0.1, 0.15) is 54.9 Å². The first-order chi connectivity index (χ1) is 13.7. The minimum Gasteiger partial charge on any atom is -0.357 e. The van der Waals surface area contributed by atoms with Crippen LogP contribution < -0.4 is 10.2 Å². The average molecular weight is 383 g/mol. The van der Waals surface area contributed by atoms with E-state index >= 15 is 0 Å². The van der Waals surface area contributed by atoms with E-state index in [-0.39, 0.29) is 5.91 Å². The summed E-state index contributed by atoms with van der Waals surface area (Å²) in [6.07, 6.45) is 12.5. The largest absolute Gasteiger partial charge is 0.357 e. The summed E-state index contributed by atoms with van der Waals surface area (Å²) in [7, 11) is 2.15. The molecule has 0 aromatic carbocycles. The maximum Gasteiger partial charge on any atom is 0.257 e. The third kappa shape index (κ3) is 4.52. The van der Waals surface area contributed by atoms with Crippen LogP contribution in [0, 0.1) is 0 Å². The summed E-state index contributed by atoms with van der Waals surface area (Å²) in [5, 5.41) is 7.41. The van der Waals surface area contributed by atoms with Gasteiger partial charge in [0.25, 0.3) is 5.91 Å². The predicted octanol–water partition coefficient (Wildman–Crippen LogP) is 3.18. The van der Waals surface area contributed by atoms with E-state index in [0.717, 1.165) is 50.5 Å². The molecule has 0 saturated carbocycles. The van der Waals surface area contributed by atoms with Gasteiger partial charge in [0, 0.05) is 25.5 Å². The van der Waals surface area contributed by atoms with Crippen molar-refractivity contribution >= 4 is 17.4 Å². The molecule has 4 heterocycles. The van der Waals surface area contributed by atoms with Crippen molar-refractivity contribution in [2.45, 2.75) is 44.6 Å². The number of likely N-dealkylation sites (tertiary alicyclic amines) is 1. The fourth-order valence-corrected chi connectivity index (χ4v) is 4.07. The van der Waals surface area contributed by atoms with Crippen molar-refractivity contribution in [1.29, 1.82) is 0 Å². The summed E-state index contributed by atoms with van der Waals surface area (Å²) in [4.78, 5) is 21.8. The van der Waals surface area contributed by atoms with Gasteiger partial charge in [-0.15, -0.1) is 0 Å². The molecule has 2 fully saturated rings. The molecule has 2 aliphatic heterocycles. The summed E-state index contributed by atoms with van der Waals surface area (Å²) in [5.74, 6) is 0.825. The lowest BCUT2D eigenvalue weighted by molar-refractivity contribution is 0.102. The monoisotopic (exact) mass is 382 g/mol. The Bertz CT molecular complexity index is 770. The van der Waals surface area contributed by atoms with Gasteiger partial charge in [-0.3, -0.25) is 9.48 Å². The second kappa shape index (κ2) is 8.73. The topological polar surface area (TPSA) is 66.3 Å². The Balaban J connectivity index is 1.36. The normalized spacial score (nSPS) is 19.4. The molecule has 0 unspecified atom stereocenters. The van der Waals surface area contributed by atoms with Crippen LogP contribution in [0.3, 0.4) is 0 Å². The van der Waals surface area contributed by atoms with Crippen LogP contribution in [-0.2, 0) is 0 Å². The molecule has 2 aliphatic rings. The molecule has 0 radical (unpaired) electrons. The van der Waals surface area contributed by atoms with Crippen molar-refractivity contribution in [3.63, 3.8) is 0 Å². The van der Waals surface area contributed by atoms with Gasteiger partial charge in [0.2, 0.25) is 0 Å². The predicted molar refractivity (Wildman–Crippen MR) is 111 cm³/mol. The van der Waals surface area contributed by atoms with E-state index in [4.69, 9.17) is 0 Å². The Labute approximate surface area is 166 Å². The van der Waals surface area contributed by atoms with Crippen molar-refractivity contribution in [2.75, 3.05) is 43.4 Å². The number of hydrogen-bond donors (Lipinski definition) is 1. The van der Waals surface area contributed by atoms with E-state index in [0.29, 0.717) is 11.6 Å². The van der Waals surface area contributed by atoms with Gasteiger partial charge in [0.15, 0.2) is 0 Å². The Morgan fingerprint density at radius 1 is 1.04 bits per heavy atom. The summed E-state index contributed by atoms with van der Waals surface area (Å²) >= 11 is 0. The van der Waals surface area contributed by atoms with Crippen molar-refractivity contribution in [3.05, 3.63) is 36.3 Å². The van der Waals surface area contributed by atoms with Crippen LogP contribution in [0.25, 0.3) is 0 Å². The first kappa shape index (κ1) is 18.9. The third-order valence-corrected chi connectivity index (χ3v) is 5.86. The Morgan fingerprint density at radius 3 is 2.46 bits per heavy atom. The zero-order chi connectivity index (χ0) is 19.3. The standard InChI is InChI=1S/C21H30N6O/c1-25-12-8-19(9-13-25)27-16-18(15-23-27)24-21(28)17-6-7-20(22-14-17)26-10-4-2-3-5-11-26/h6-7,14-16,19H,2-5,8-13H2,1H3,(H,24,28). The van der Waals surface area contributed by atoms with Gasteiger partial charge in [0.05, 0.1) is 23.5 Å². The zero-order valence-electron chi connectivity index (χ0n) is 16.7. The molecular weight excluding hydrogens is 352 g/mol. The molecule has 0 atom stereocenters. The quantitative estimate of drug-likeness (QED) is 0.880. The second-order valence-electron chi connectivity index (χ2n) is 8.00. The van der Waals surface area contributed by atoms with Gasteiger partial charge in [-0.2, -0.15) is 5.10 Å². The van der Waals surface area contributed by atoms with Gasteiger partial charge in [-0.1, -0.05) is 12.8 Å². The number of piperidine rings is 1. The van der Waals surface area contributed by atoms with Crippen molar-refractivity contribution in [2.24, 2.45) is 0 Å². The van der Waals surface area contributed by atoms with E-state index in [1.165, 1.54) is 25.7 Å². The Kier molecular flexibility index (Phi) is 5.90. The van der Waals surface area contributed by atoms with Gasteiger partial charge in [0.1, 0.15) is 5.82 Å². The fraction of sp³-hybridized carbons (Fsp3) is 0.571. The summed E-state index contributed by atoms with van der Waals surface area (Å²) in [5.41, 5.74) is 1.31. The molecule has 4 rings (SSSR count). The van der Waals surface area contributed by atoms with Crippen molar-refractivity contribution < 1.29 is 4.79 Å². The Hall–Kier alpha value is -2.41. The van der Waals surface area contributed by atoms with Gasteiger partial charge in [-0.25, -0.2) is 4.98 Å². The first-order valence-corrected chi connectivity index (χ1v) is 10.4. The number of aromatic nitrogens is 3. The van der Waals surface area contributed by atoms with E-state index in [1.807, 2.05) is 23.0 Å². The molecule has 2 saturated heterocycles. The lowest BCUT2D eigenvalue weighted by Gasteiger charge is -2.28. The maximum atomic E-state index is 12.6. The van der Waals surface area contributed by atoms with E-state index in [1.54, 1.807) is 12.4 Å². The van der Waals surface area contributed by atoms with Crippen LogP contribution >= 0.6 is 0 Å². The number of nitrogens with zero attached hydrogens (tertiary/aromatic N) is 5. The number of carbonyl (C=O) groups excluding carboxylic acids is 1. The smallest absolute Gasteiger partial charge is 0.257 e. The van der Waals surface area contributed by atoms with Gasteiger partial charge < -0.3 is 15.1 Å². The summed E-state index contributed by atoms with van der Waals surface area (Å²) < 4.78 is 1.99. The lowest BCUT2D eigenvalue weighted by Crippen LogP contribution is -2.31. The van der Waals surface area contributed by atoms with Crippen molar-refractivity contribution in [1.82, 2.24) is 19.7 Å². The number of rotatable bonds is 4. The van der Waals surface area contributed by atoms with E-state index < -0.39 is 0 Å². The molecule has 2 aromatic rings. The van der Waals surface area contributed by atoms with Crippen molar-refractivity contribution in [3.8, 4) is 0 Å². The van der Waals surface area contributed by atoms with Crippen LogP contribution in [0.5, 0.6) is 0 Å². The molecule has 150 valence electrons. The summed E-state index contributed by atoms with van der Waals surface area (Å²) in [6, 6.07) is 4.24. The maximum absolute atomic E-state index is 12.6. The number of pyridine rings is 1. The molecule has 7 heteroatoms. The highest BCUT2D eigenvalue weighted by molar-refractivity contribution is 6.04. The average Bonchev–Trinajstić information content (AvgIpc) is 3.01. The summed E-state index contributed by atoms with van der Waals surface area (Å²) in [6.45, 7) is 4.27. The number of anilines is 2. The highest BCUT2D eigenvalue weighted by Crippen LogP contribution is 2.23. The number of amides is 1. The molecule has 0 aliphatic carbocycles. The zero-order valence-corrected chi connectivity index (χ0v) is 16.7. The van der Waals surface area contributed by atoms with Crippen LogP contribution in [-0.4, -0.2) is 58.8 Å². The number of carbonyl (C=O) groups is 1. The minimum atomic E-state index is -0.141. The van der Waals surface area contributed by atoms with Crippen LogP contribution in [0.15, 0.2) is 30.7 Å². The molecular formula is C21H30N6O. The second-order valence-corrected chi connectivity index (χ2v) is 8.00. The molecule has 28 heavy (non-hydrogen) atoms. The lowest BCUT2D eigenvalue weighted by atomic mass is 10.1. The first-order valence-electron chi connectivity index (χ1n) is 10.4. The molecule has 2 aromatic heterocycles. The van der Waals surface area contributed by atoms with Gasteiger partial charge in [-0.05, 0) is 58.0 Å².